The number of rotatable bonds is 15. The second-order valence-corrected chi connectivity index (χ2v) is 9.70. The van der Waals surface area contributed by atoms with Gasteiger partial charge in [0.2, 0.25) is 0 Å². The van der Waals surface area contributed by atoms with Crippen LogP contribution in [-0.2, 0) is 4.43 Å². The van der Waals surface area contributed by atoms with E-state index in [4.69, 9.17) is 4.43 Å². The van der Waals surface area contributed by atoms with Crippen molar-refractivity contribution in [3.63, 3.8) is 0 Å². The number of thioether (sulfide) groups is 2. The largest absolute Gasteiger partial charge is 0.423 e. The maximum absolute atomic E-state index is 5.61. The molecule has 0 aliphatic heterocycles. The van der Waals surface area contributed by atoms with Crippen LogP contribution in [0.4, 0.5) is 0 Å². The van der Waals surface area contributed by atoms with Crippen LogP contribution in [-0.4, -0.2) is 38.9 Å². The average molecular weight is 323 g/mol. The molecule has 0 aliphatic rings. The molecule has 4 heteroatoms. The predicted octanol–water partition coefficient (Wildman–Crippen LogP) is 4.74. The van der Waals surface area contributed by atoms with Crippen LogP contribution < -0.4 is 0 Å². The summed E-state index contributed by atoms with van der Waals surface area (Å²) in [6, 6.07) is 1.27. The third-order valence-corrected chi connectivity index (χ3v) is 6.33. The fraction of sp³-hybridized carbons (Fsp3) is 1.00. The third kappa shape index (κ3) is 16.8. The molecule has 0 saturated heterocycles. The van der Waals surface area contributed by atoms with Crippen molar-refractivity contribution in [1.29, 1.82) is 0 Å². The Morgan fingerprint density at radius 2 is 1.79 bits per heavy atom. The first-order chi connectivity index (χ1) is 9.31. The Morgan fingerprint density at radius 1 is 1.00 bits per heavy atom. The van der Waals surface area contributed by atoms with E-state index in [0.29, 0.717) is 0 Å². The van der Waals surface area contributed by atoms with E-state index in [1.165, 1.54) is 61.8 Å². The minimum Gasteiger partial charge on any atom is -0.423 e. The van der Waals surface area contributed by atoms with Crippen LogP contribution in [0, 0.1) is 0 Å². The van der Waals surface area contributed by atoms with Crippen molar-refractivity contribution in [3.8, 4) is 0 Å². The Morgan fingerprint density at radius 3 is 2.53 bits per heavy atom. The second-order valence-electron chi connectivity index (χ2n) is 5.11. The van der Waals surface area contributed by atoms with Gasteiger partial charge in [0, 0.05) is 17.6 Å². The van der Waals surface area contributed by atoms with Gasteiger partial charge in [-0.1, -0.05) is 46.5 Å². The normalized spacial score (nSPS) is 13.4. The van der Waals surface area contributed by atoms with E-state index in [-0.39, 0.29) is 9.76 Å². The number of hydrogen-bond donors (Lipinski definition) is 0. The first kappa shape index (κ1) is 19.9. The highest BCUT2D eigenvalue weighted by Crippen LogP contribution is 2.19. The van der Waals surface area contributed by atoms with E-state index < -0.39 is 0 Å². The van der Waals surface area contributed by atoms with Gasteiger partial charge < -0.3 is 4.43 Å². The molecule has 0 N–H and O–H groups in total. The SMILES string of the molecule is CCCCCCCSC(C)CCSCCO[SiH2]CC. The molecule has 0 bridgehead atoms. The number of unbranched alkanes of at least 4 members (excludes halogenated alkanes) is 4. The van der Waals surface area contributed by atoms with E-state index in [2.05, 4.69) is 44.3 Å². The standard InChI is InChI=1S/C15H34OS2Si/c1-4-6-7-8-9-12-18-15(3)10-13-17-14-11-16-19-5-2/h15H,4-14,19H2,1-3H3. The first-order valence-electron chi connectivity index (χ1n) is 8.08. The van der Waals surface area contributed by atoms with Gasteiger partial charge in [-0.25, -0.2) is 0 Å². The molecule has 0 aliphatic carbocycles. The highest BCUT2D eigenvalue weighted by Gasteiger charge is 2.02. The van der Waals surface area contributed by atoms with Crippen LogP contribution in [0.25, 0.3) is 0 Å². The van der Waals surface area contributed by atoms with Gasteiger partial charge in [0.05, 0.1) is 0 Å². The molecule has 116 valence electrons. The second kappa shape index (κ2) is 16.9. The van der Waals surface area contributed by atoms with Gasteiger partial charge in [0.25, 0.3) is 0 Å². The van der Waals surface area contributed by atoms with E-state index >= 15 is 0 Å². The summed E-state index contributed by atoms with van der Waals surface area (Å²) < 4.78 is 5.61. The fourth-order valence-electron chi connectivity index (χ4n) is 1.79. The number of hydrogen-bond acceptors (Lipinski definition) is 3. The molecule has 0 heterocycles. The van der Waals surface area contributed by atoms with Crippen LogP contribution in [0.3, 0.4) is 0 Å². The van der Waals surface area contributed by atoms with Crippen molar-refractivity contribution in [3.05, 3.63) is 0 Å². The van der Waals surface area contributed by atoms with Crippen LogP contribution in [0.15, 0.2) is 0 Å². The monoisotopic (exact) mass is 322 g/mol. The Bertz CT molecular complexity index is 170. The zero-order valence-corrected chi connectivity index (χ0v) is 16.3. The van der Waals surface area contributed by atoms with E-state index in [1.807, 2.05) is 0 Å². The summed E-state index contributed by atoms with van der Waals surface area (Å²) in [5, 5.41) is 0.838. The van der Waals surface area contributed by atoms with Gasteiger partial charge in [-0.2, -0.15) is 23.5 Å². The highest BCUT2D eigenvalue weighted by molar-refractivity contribution is 8.00. The predicted molar refractivity (Wildman–Crippen MR) is 97.6 cm³/mol. The molecule has 0 spiro atoms. The van der Waals surface area contributed by atoms with Crippen molar-refractivity contribution < 1.29 is 4.43 Å². The molecule has 0 amide bonds. The van der Waals surface area contributed by atoms with E-state index in [1.54, 1.807) is 0 Å². The Labute approximate surface area is 132 Å². The maximum atomic E-state index is 5.61. The van der Waals surface area contributed by atoms with Gasteiger partial charge in [-0.05, 0) is 30.4 Å². The topological polar surface area (TPSA) is 9.23 Å². The maximum Gasteiger partial charge on any atom is 0.161 e. The molecule has 0 rings (SSSR count). The lowest BCUT2D eigenvalue weighted by Gasteiger charge is -2.11. The Hall–Kier alpha value is 0.877. The van der Waals surface area contributed by atoms with Gasteiger partial charge in [-0.15, -0.1) is 0 Å². The first-order valence-corrected chi connectivity index (χ1v) is 11.9. The lowest BCUT2D eigenvalue weighted by Crippen LogP contribution is -2.03. The Kier molecular flexibility index (Phi) is 17.7. The molecular formula is C15H34OS2Si. The summed E-state index contributed by atoms with van der Waals surface area (Å²) >= 11 is 4.23. The summed E-state index contributed by atoms with van der Waals surface area (Å²) in [4.78, 5) is 0. The van der Waals surface area contributed by atoms with Crippen molar-refractivity contribution in [2.45, 2.75) is 70.6 Å². The van der Waals surface area contributed by atoms with Gasteiger partial charge in [0.15, 0.2) is 9.76 Å². The van der Waals surface area contributed by atoms with Gasteiger partial charge in [-0.3, -0.25) is 0 Å². The summed E-state index contributed by atoms with van der Waals surface area (Å²) in [7, 11) is -0.166. The molecule has 1 nitrogen and oxygen atoms in total. The molecule has 0 saturated carbocycles. The molecule has 0 radical (unpaired) electrons. The van der Waals surface area contributed by atoms with Crippen LogP contribution in [0.1, 0.15) is 59.3 Å². The Balaban J connectivity index is 3.10. The van der Waals surface area contributed by atoms with Gasteiger partial charge in [0.1, 0.15) is 0 Å². The summed E-state index contributed by atoms with van der Waals surface area (Å²) in [5.41, 5.74) is 0. The molecule has 1 unspecified atom stereocenters. The van der Waals surface area contributed by atoms with Crippen molar-refractivity contribution >= 4 is 33.3 Å². The average Bonchev–Trinajstić information content (AvgIpc) is 2.41. The summed E-state index contributed by atoms with van der Waals surface area (Å²) in [5.74, 6) is 3.86. The van der Waals surface area contributed by atoms with Crippen LogP contribution >= 0.6 is 23.5 Å². The molecular weight excluding hydrogens is 288 g/mol. The smallest absolute Gasteiger partial charge is 0.161 e. The third-order valence-electron chi connectivity index (χ3n) is 3.04. The molecule has 0 aromatic heterocycles. The molecule has 0 aromatic carbocycles. The van der Waals surface area contributed by atoms with E-state index in [9.17, 15) is 0 Å². The van der Waals surface area contributed by atoms with Gasteiger partial charge >= 0.3 is 0 Å². The lowest BCUT2D eigenvalue weighted by atomic mass is 10.2. The zero-order chi connectivity index (χ0) is 14.2. The highest BCUT2D eigenvalue weighted by atomic mass is 32.2. The molecule has 0 aromatic rings. The van der Waals surface area contributed by atoms with E-state index in [0.717, 1.165) is 11.9 Å². The van der Waals surface area contributed by atoms with Crippen molar-refractivity contribution in [2.24, 2.45) is 0 Å². The van der Waals surface area contributed by atoms with Crippen LogP contribution in [0.2, 0.25) is 6.04 Å². The van der Waals surface area contributed by atoms with Crippen LogP contribution in [0.5, 0.6) is 0 Å². The van der Waals surface area contributed by atoms with Crippen molar-refractivity contribution in [1.82, 2.24) is 0 Å². The fourth-order valence-corrected chi connectivity index (χ4v) is 4.80. The summed E-state index contributed by atoms with van der Waals surface area (Å²) in [6.45, 7) is 7.88. The summed E-state index contributed by atoms with van der Waals surface area (Å²) in [6.07, 6.45) is 8.40. The lowest BCUT2D eigenvalue weighted by molar-refractivity contribution is 0.365. The minimum absolute atomic E-state index is 0.166. The molecule has 19 heavy (non-hydrogen) atoms. The zero-order valence-electron chi connectivity index (χ0n) is 13.3. The quantitative estimate of drug-likeness (QED) is 0.318. The van der Waals surface area contributed by atoms with Crippen molar-refractivity contribution in [2.75, 3.05) is 23.9 Å². The minimum atomic E-state index is -0.166. The molecule has 0 fully saturated rings. The molecule has 1 atom stereocenters.